The third-order valence-electron chi connectivity index (χ3n) is 4.44. The Morgan fingerprint density at radius 1 is 1.41 bits per heavy atom. The van der Waals surface area contributed by atoms with Gasteiger partial charge in [0.25, 0.3) is 0 Å². The summed E-state index contributed by atoms with van der Waals surface area (Å²) >= 11 is 0. The SMILES string of the molecule is CC(C)(C)[Si](C)(C)OC1CN(c2ccc(NC(=O)O)cn2)C1. The van der Waals surface area contributed by atoms with Gasteiger partial charge in [0.1, 0.15) is 5.82 Å². The van der Waals surface area contributed by atoms with Crippen LogP contribution in [0.15, 0.2) is 18.3 Å². The quantitative estimate of drug-likeness (QED) is 0.831. The largest absolute Gasteiger partial charge is 0.465 e. The van der Waals surface area contributed by atoms with E-state index in [2.05, 4.69) is 49.1 Å². The zero-order valence-corrected chi connectivity index (χ0v) is 14.9. The van der Waals surface area contributed by atoms with Crippen LogP contribution in [0.3, 0.4) is 0 Å². The molecule has 22 heavy (non-hydrogen) atoms. The summed E-state index contributed by atoms with van der Waals surface area (Å²) < 4.78 is 6.35. The van der Waals surface area contributed by atoms with Gasteiger partial charge in [-0.2, -0.15) is 0 Å². The topological polar surface area (TPSA) is 74.7 Å². The monoisotopic (exact) mass is 323 g/mol. The summed E-state index contributed by atoms with van der Waals surface area (Å²) in [5, 5.41) is 11.1. The molecule has 0 spiro atoms. The Kier molecular flexibility index (Phi) is 4.48. The lowest BCUT2D eigenvalue weighted by Gasteiger charge is -2.46. The van der Waals surface area contributed by atoms with Crippen LogP contribution in [0.1, 0.15) is 20.8 Å². The molecule has 0 saturated carbocycles. The number of hydrogen-bond acceptors (Lipinski definition) is 4. The first kappa shape index (κ1) is 16.8. The van der Waals surface area contributed by atoms with Crippen molar-refractivity contribution in [3.63, 3.8) is 0 Å². The number of aromatic nitrogens is 1. The van der Waals surface area contributed by atoms with Gasteiger partial charge in [-0.15, -0.1) is 0 Å². The van der Waals surface area contributed by atoms with Crippen LogP contribution in [0.4, 0.5) is 16.3 Å². The summed E-state index contributed by atoms with van der Waals surface area (Å²) in [5.41, 5.74) is 0.478. The van der Waals surface area contributed by atoms with E-state index in [9.17, 15) is 4.79 Å². The standard InChI is InChI=1S/C15H25N3O3Si/c1-15(2,3)22(4,5)21-12-9-18(10-12)13-7-6-11(8-16-13)17-14(19)20/h6-8,12,17H,9-10H2,1-5H3,(H,19,20). The lowest BCUT2D eigenvalue weighted by Crippen LogP contribution is -2.58. The third kappa shape index (κ3) is 3.78. The van der Waals surface area contributed by atoms with E-state index in [0.29, 0.717) is 5.69 Å². The molecular weight excluding hydrogens is 298 g/mol. The molecule has 1 saturated heterocycles. The zero-order chi connectivity index (χ0) is 16.5. The first-order valence-electron chi connectivity index (χ1n) is 7.47. The van der Waals surface area contributed by atoms with Gasteiger partial charge in [-0.1, -0.05) is 20.8 Å². The fourth-order valence-corrected chi connectivity index (χ4v) is 3.40. The second-order valence-electron chi connectivity index (χ2n) is 7.24. The number of carbonyl (C=O) groups is 1. The number of nitrogens with one attached hydrogen (secondary N) is 1. The normalized spacial score (nSPS) is 16.3. The highest BCUT2D eigenvalue weighted by Crippen LogP contribution is 2.38. The number of anilines is 2. The molecular formula is C15H25N3O3Si. The highest BCUT2D eigenvalue weighted by Gasteiger charge is 2.42. The molecule has 2 heterocycles. The van der Waals surface area contributed by atoms with Gasteiger partial charge in [-0.3, -0.25) is 5.32 Å². The van der Waals surface area contributed by atoms with Gasteiger partial charge in [0.15, 0.2) is 8.32 Å². The molecule has 7 heteroatoms. The Hall–Kier alpha value is -1.60. The van der Waals surface area contributed by atoms with E-state index in [0.717, 1.165) is 18.9 Å². The average molecular weight is 323 g/mol. The van der Waals surface area contributed by atoms with E-state index in [1.54, 1.807) is 6.07 Å². The van der Waals surface area contributed by atoms with E-state index in [1.165, 1.54) is 6.20 Å². The lowest BCUT2D eigenvalue weighted by atomic mass is 10.2. The van der Waals surface area contributed by atoms with E-state index >= 15 is 0 Å². The minimum atomic E-state index is -1.72. The second kappa shape index (κ2) is 5.89. The van der Waals surface area contributed by atoms with Crippen molar-refractivity contribution in [2.24, 2.45) is 0 Å². The Morgan fingerprint density at radius 2 is 2.05 bits per heavy atom. The molecule has 1 aliphatic rings. The molecule has 1 aromatic rings. The van der Waals surface area contributed by atoms with Crippen molar-refractivity contribution in [1.29, 1.82) is 0 Å². The Balaban J connectivity index is 1.88. The van der Waals surface area contributed by atoms with Gasteiger partial charge >= 0.3 is 6.09 Å². The summed E-state index contributed by atoms with van der Waals surface area (Å²) in [6, 6.07) is 3.55. The maximum absolute atomic E-state index is 10.5. The number of hydrogen-bond donors (Lipinski definition) is 2. The molecule has 1 aliphatic heterocycles. The van der Waals surface area contributed by atoms with E-state index in [-0.39, 0.29) is 11.1 Å². The van der Waals surface area contributed by atoms with Crippen LogP contribution < -0.4 is 10.2 Å². The molecule has 0 radical (unpaired) electrons. The van der Waals surface area contributed by atoms with Gasteiger partial charge in [-0.05, 0) is 30.3 Å². The fourth-order valence-electron chi connectivity index (χ4n) is 2.06. The van der Waals surface area contributed by atoms with E-state index < -0.39 is 14.4 Å². The zero-order valence-electron chi connectivity index (χ0n) is 13.9. The molecule has 1 amide bonds. The molecule has 0 aliphatic carbocycles. The molecule has 1 fully saturated rings. The third-order valence-corrected chi connectivity index (χ3v) is 8.97. The van der Waals surface area contributed by atoms with Crippen LogP contribution in [0.2, 0.25) is 18.1 Å². The molecule has 2 N–H and O–H groups in total. The average Bonchev–Trinajstić information content (AvgIpc) is 2.32. The lowest BCUT2D eigenvalue weighted by molar-refractivity contribution is 0.148. The second-order valence-corrected chi connectivity index (χ2v) is 12.0. The predicted molar refractivity (Wildman–Crippen MR) is 90.2 cm³/mol. The van der Waals surface area contributed by atoms with Gasteiger partial charge in [0.2, 0.25) is 0 Å². The summed E-state index contributed by atoms with van der Waals surface area (Å²) in [5.74, 6) is 0.853. The number of pyridine rings is 1. The van der Waals surface area contributed by atoms with Crippen LogP contribution in [-0.2, 0) is 4.43 Å². The Bertz CT molecular complexity index is 534. The number of nitrogens with zero attached hydrogens (tertiary/aromatic N) is 2. The summed E-state index contributed by atoms with van der Waals surface area (Å²) in [7, 11) is -1.72. The molecule has 122 valence electrons. The van der Waals surface area contributed by atoms with Gasteiger partial charge < -0.3 is 14.4 Å². The smallest absolute Gasteiger partial charge is 0.409 e. The van der Waals surface area contributed by atoms with Crippen LogP contribution >= 0.6 is 0 Å². The van der Waals surface area contributed by atoms with Crippen LogP contribution in [-0.4, -0.2) is 43.7 Å². The van der Waals surface area contributed by atoms with Crippen molar-refractivity contribution < 1.29 is 14.3 Å². The number of carboxylic acid groups (broad SMARTS) is 1. The Morgan fingerprint density at radius 3 is 2.50 bits per heavy atom. The van der Waals surface area contributed by atoms with Crippen LogP contribution in [0.25, 0.3) is 0 Å². The fraction of sp³-hybridized carbons (Fsp3) is 0.600. The minimum absolute atomic E-state index is 0.218. The van der Waals surface area contributed by atoms with Crippen molar-refractivity contribution in [1.82, 2.24) is 4.98 Å². The van der Waals surface area contributed by atoms with E-state index in [1.807, 2.05) is 6.07 Å². The molecule has 2 rings (SSSR count). The highest BCUT2D eigenvalue weighted by atomic mass is 28.4. The van der Waals surface area contributed by atoms with Gasteiger partial charge in [0, 0.05) is 13.1 Å². The molecule has 6 nitrogen and oxygen atoms in total. The first-order valence-corrected chi connectivity index (χ1v) is 10.4. The van der Waals surface area contributed by atoms with Crippen LogP contribution in [0, 0.1) is 0 Å². The van der Waals surface area contributed by atoms with Gasteiger partial charge in [0.05, 0.1) is 18.0 Å². The number of rotatable bonds is 4. The van der Waals surface area contributed by atoms with Crippen molar-refractivity contribution in [3.05, 3.63) is 18.3 Å². The van der Waals surface area contributed by atoms with Gasteiger partial charge in [-0.25, -0.2) is 9.78 Å². The Labute approximate surface area is 132 Å². The van der Waals surface area contributed by atoms with Crippen molar-refractivity contribution in [2.75, 3.05) is 23.3 Å². The number of amides is 1. The minimum Gasteiger partial charge on any atom is -0.465 e. The van der Waals surface area contributed by atoms with Crippen molar-refractivity contribution in [2.45, 2.75) is 45.0 Å². The van der Waals surface area contributed by atoms with Crippen LogP contribution in [0.5, 0.6) is 0 Å². The highest BCUT2D eigenvalue weighted by molar-refractivity contribution is 6.74. The molecule has 0 unspecified atom stereocenters. The molecule has 0 bridgehead atoms. The maximum Gasteiger partial charge on any atom is 0.409 e. The summed E-state index contributed by atoms with van der Waals surface area (Å²) in [6.07, 6.45) is 0.715. The molecule has 1 aromatic heterocycles. The maximum atomic E-state index is 10.5. The summed E-state index contributed by atoms with van der Waals surface area (Å²) in [6.45, 7) is 12.9. The van der Waals surface area contributed by atoms with Crippen molar-refractivity contribution in [3.8, 4) is 0 Å². The molecule has 0 atom stereocenters. The first-order chi connectivity index (χ1) is 10.1. The van der Waals surface area contributed by atoms with Crippen molar-refractivity contribution >= 4 is 25.9 Å². The van der Waals surface area contributed by atoms with E-state index in [4.69, 9.17) is 9.53 Å². The molecule has 0 aromatic carbocycles. The summed E-state index contributed by atoms with van der Waals surface area (Å²) in [4.78, 5) is 17.0. The predicted octanol–water partition coefficient (Wildman–Crippen LogP) is 3.38.